The average molecular weight is 334 g/mol. The number of hydrogen-bond donors (Lipinski definition) is 1. The zero-order chi connectivity index (χ0) is 14.0. The molecule has 1 aromatic carbocycles. The van der Waals surface area contributed by atoms with Gasteiger partial charge in [-0.3, -0.25) is 0 Å². The lowest BCUT2D eigenvalue weighted by molar-refractivity contribution is 0.925. The van der Waals surface area contributed by atoms with E-state index in [1.807, 2.05) is 31.1 Å². The van der Waals surface area contributed by atoms with E-state index < -0.39 is 0 Å². The van der Waals surface area contributed by atoms with Crippen LogP contribution in [0.4, 0.5) is 5.95 Å². The first-order valence-corrected chi connectivity index (χ1v) is 6.47. The highest BCUT2D eigenvalue weighted by atomic mass is 35.5. The molecule has 0 fully saturated rings. The minimum Gasteiger partial charge on any atom is -0.347 e. The maximum Gasteiger partial charge on any atom is 0.225 e. The number of nitrogens with two attached hydrogens (primary N) is 1. The van der Waals surface area contributed by atoms with Crippen LogP contribution in [-0.4, -0.2) is 24.1 Å². The molecule has 0 bridgehead atoms. The molecule has 0 aliphatic rings. The molecule has 0 aliphatic carbocycles. The molecular formula is C13H15Cl3N4. The Morgan fingerprint density at radius 3 is 2.35 bits per heavy atom. The van der Waals surface area contributed by atoms with Crippen LogP contribution in [0.3, 0.4) is 0 Å². The summed E-state index contributed by atoms with van der Waals surface area (Å²) in [5.41, 5.74) is 8.10. The highest BCUT2D eigenvalue weighted by Gasteiger charge is 2.09. The van der Waals surface area contributed by atoms with E-state index in [4.69, 9.17) is 28.9 Å². The predicted octanol–water partition coefficient (Wildman–Crippen LogP) is 3.40. The van der Waals surface area contributed by atoms with E-state index in [1.165, 1.54) is 0 Å². The topological polar surface area (TPSA) is 55.0 Å². The zero-order valence-corrected chi connectivity index (χ0v) is 13.4. The van der Waals surface area contributed by atoms with Gasteiger partial charge in [0.05, 0.1) is 21.4 Å². The van der Waals surface area contributed by atoms with Gasteiger partial charge in [0, 0.05) is 26.2 Å². The summed E-state index contributed by atoms with van der Waals surface area (Å²) in [6, 6.07) is 7.26. The zero-order valence-electron chi connectivity index (χ0n) is 11.1. The molecule has 0 amide bonds. The number of rotatable bonds is 3. The first-order chi connectivity index (χ1) is 9.01. The van der Waals surface area contributed by atoms with E-state index in [1.54, 1.807) is 12.1 Å². The third-order valence-electron chi connectivity index (χ3n) is 2.59. The monoisotopic (exact) mass is 332 g/mol. The molecule has 4 nitrogen and oxygen atoms in total. The molecule has 0 unspecified atom stereocenters. The Morgan fingerprint density at radius 2 is 1.80 bits per heavy atom. The summed E-state index contributed by atoms with van der Waals surface area (Å²) in [4.78, 5) is 10.7. The van der Waals surface area contributed by atoms with Gasteiger partial charge in [-0.15, -0.1) is 12.4 Å². The number of halogens is 3. The SMILES string of the molecule is CN(C)c1nc(CN)cc(-c2ccc(Cl)c(Cl)c2)n1.Cl. The van der Waals surface area contributed by atoms with Gasteiger partial charge in [0.15, 0.2) is 0 Å². The highest BCUT2D eigenvalue weighted by Crippen LogP contribution is 2.28. The average Bonchev–Trinajstić information content (AvgIpc) is 2.41. The summed E-state index contributed by atoms with van der Waals surface area (Å²) in [7, 11) is 3.77. The molecule has 1 heterocycles. The number of benzene rings is 1. The summed E-state index contributed by atoms with van der Waals surface area (Å²) in [5, 5.41) is 1.02. The lowest BCUT2D eigenvalue weighted by Crippen LogP contribution is -2.15. The highest BCUT2D eigenvalue weighted by molar-refractivity contribution is 6.42. The van der Waals surface area contributed by atoms with E-state index in [2.05, 4.69) is 9.97 Å². The second-order valence-corrected chi connectivity index (χ2v) is 5.09. The number of nitrogens with zero attached hydrogens (tertiary/aromatic N) is 3. The first-order valence-electron chi connectivity index (χ1n) is 5.72. The first kappa shape index (κ1) is 17.0. The van der Waals surface area contributed by atoms with Crippen molar-refractivity contribution >= 4 is 41.6 Å². The van der Waals surface area contributed by atoms with Crippen LogP contribution in [0.25, 0.3) is 11.3 Å². The molecule has 0 atom stereocenters. The van der Waals surface area contributed by atoms with Crippen LogP contribution in [0, 0.1) is 0 Å². The third kappa shape index (κ3) is 3.73. The van der Waals surface area contributed by atoms with E-state index in [0.717, 1.165) is 17.0 Å². The van der Waals surface area contributed by atoms with Crippen molar-refractivity contribution in [2.24, 2.45) is 5.73 Å². The fourth-order valence-electron chi connectivity index (χ4n) is 1.59. The summed E-state index contributed by atoms with van der Waals surface area (Å²) in [6.45, 7) is 0.359. The fourth-order valence-corrected chi connectivity index (χ4v) is 1.89. The number of anilines is 1. The van der Waals surface area contributed by atoms with Gasteiger partial charge >= 0.3 is 0 Å². The van der Waals surface area contributed by atoms with Gasteiger partial charge in [0.2, 0.25) is 5.95 Å². The summed E-state index contributed by atoms with van der Waals surface area (Å²) in [6.07, 6.45) is 0. The lowest BCUT2D eigenvalue weighted by atomic mass is 10.1. The molecular weight excluding hydrogens is 319 g/mol. The molecule has 2 rings (SSSR count). The molecule has 0 radical (unpaired) electrons. The van der Waals surface area contributed by atoms with Crippen molar-refractivity contribution < 1.29 is 0 Å². The van der Waals surface area contributed by atoms with Crippen LogP contribution in [0.5, 0.6) is 0 Å². The second kappa shape index (κ2) is 7.09. The van der Waals surface area contributed by atoms with Crippen LogP contribution in [0.1, 0.15) is 5.69 Å². The number of hydrogen-bond acceptors (Lipinski definition) is 4. The molecule has 20 heavy (non-hydrogen) atoms. The summed E-state index contributed by atoms with van der Waals surface area (Å²) < 4.78 is 0. The molecule has 0 saturated heterocycles. The molecule has 108 valence electrons. The van der Waals surface area contributed by atoms with Crippen molar-refractivity contribution in [3.8, 4) is 11.3 Å². The lowest BCUT2D eigenvalue weighted by Gasteiger charge is -2.13. The Kier molecular flexibility index (Phi) is 6.02. The van der Waals surface area contributed by atoms with E-state index in [9.17, 15) is 0 Å². The van der Waals surface area contributed by atoms with Crippen LogP contribution < -0.4 is 10.6 Å². The van der Waals surface area contributed by atoms with Gasteiger partial charge in [0.25, 0.3) is 0 Å². The molecule has 0 spiro atoms. The smallest absolute Gasteiger partial charge is 0.225 e. The van der Waals surface area contributed by atoms with E-state index >= 15 is 0 Å². The molecule has 2 aromatic rings. The number of aromatic nitrogens is 2. The van der Waals surface area contributed by atoms with Gasteiger partial charge in [-0.25, -0.2) is 9.97 Å². The maximum atomic E-state index is 6.03. The fraction of sp³-hybridized carbons (Fsp3) is 0.231. The Balaban J connectivity index is 0.00000200. The van der Waals surface area contributed by atoms with Crippen molar-refractivity contribution in [3.05, 3.63) is 40.0 Å². The quantitative estimate of drug-likeness (QED) is 0.935. The Bertz CT molecular complexity index is 602. The third-order valence-corrected chi connectivity index (χ3v) is 3.33. The Labute approximate surface area is 134 Å². The van der Waals surface area contributed by atoms with Crippen LogP contribution in [-0.2, 0) is 6.54 Å². The van der Waals surface area contributed by atoms with Crippen molar-refractivity contribution in [2.45, 2.75) is 6.54 Å². The van der Waals surface area contributed by atoms with Gasteiger partial charge in [-0.05, 0) is 18.2 Å². The van der Waals surface area contributed by atoms with Gasteiger partial charge in [-0.1, -0.05) is 29.3 Å². The normalized spacial score (nSPS) is 10.1. The molecule has 0 aliphatic heterocycles. The predicted molar refractivity (Wildman–Crippen MR) is 87.0 cm³/mol. The van der Waals surface area contributed by atoms with Crippen LogP contribution in [0.15, 0.2) is 24.3 Å². The minimum absolute atomic E-state index is 0. The van der Waals surface area contributed by atoms with Gasteiger partial charge < -0.3 is 10.6 Å². The molecule has 2 N–H and O–H groups in total. The minimum atomic E-state index is 0. The summed E-state index contributed by atoms with van der Waals surface area (Å²) >= 11 is 11.9. The summed E-state index contributed by atoms with van der Waals surface area (Å²) in [5.74, 6) is 0.615. The Hall–Kier alpha value is -1.07. The molecule has 7 heteroatoms. The van der Waals surface area contributed by atoms with Crippen molar-refractivity contribution in [2.75, 3.05) is 19.0 Å². The standard InChI is InChI=1S/C13H14Cl2N4.ClH/c1-19(2)13-17-9(7-16)6-12(18-13)8-3-4-10(14)11(15)5-8;/h3-6H,7,16H2,1-2H3;1H. The molecule has 0 saturated carbocycles. The van der Waals surface area contributed by atoms with Gasteiger partial charge in [0.1, 0.15) is 0 Å². The Morgan fingerprint density at radius 1 is 1.10 bits per heavy atom. The van der Waals surface area contributed by atoms with E-state index in [-0.39, 0.29) is 12.4 Å². The van der Waals surface area contributed by atoms with Crippen molar-refractivity contribution in [1.29, 1.82) is 0 Å². The van der Waals surface area contributed by atoms with E-state index in [0.29, 0.717) is 22.5 Å². The maximum absolute atomic E-state index is 6.03. The van der Waals surface area contributed by atoms with Crippen molar-refractivity contribution in [3.63, 3.8) is 0 Å². The van der Waals surface area contributed by atoms with Gasteiger partial charge in [-0.2, -0.15) is 0 Å². The largest absolute Gasteiger partial charge is 0.347 e. The molecule has 1 aromatic heterocycles. The van der Waals surface area contributed by atoms with Crippen LogP contribution in [0.2, 0.25) is 10.0 Å². The second-order valence-electron chi connectivity index (χ2n) is 4.27. The van der Waals surface area contributed by atoms with Crippen molar-refractivity contribution in [1.82, 2.24) is 9.97 Å². The van der Waals surface area contributed by atoms with Crippen LogP contribution >= 0.6 is 35.6 Å².